The van der Waals surface area contributed by atoms with Crippen LogP contribution >= 0.6 is 27.3 Å². The molecule has 0 saturated heterocycles. The Morgan fingerprint density at radius 3 is 2.88 bits per heavy atom. The van der Waals surface area contributed by atoms with Crippen LogP contribution in [0.25, 0.3) is 4.96 Å². The molecule has 1 atom stereocenters. The fourth-order valence-corrected chi connectivity index (χ4v) is 3.86. The standard InChI is InChI=1S/C12H16BrN3S/c1-12(2,3)7-4-5-8-9(6-7)16-11(14-8)17-10(13)15-16/h7H,4-6H2,1-3H3. The SMILES string of the molecule is CC(C)(C)C1CCc2nc3sc(Br)nn3c2C1. The second-order valence-corrected chi connectivity index (χ2v) is 8.09. The summed E-state index contributed by atoms with van der Waals surface area (Å²) < 4.78 is 2.95. The Labute approximate surface area is 113 Å². The molecule has 0 N–H and O–H groups in total. The van der Waals surface area contributed by atoms with Gasteiger partial charge in [-0.3, -0.25) is 0 Å². The third kappa shape index (κ3) is 1.93. The zero-order chi connectivity index (χ0) is 12.2. The third-order valence-corrected chi connectivity index (χ3v) is 5.09. The van der Waals surface area contributed by atoms with Gasteiger partial charge in [-0.15, -0.1) is 5.10 Å². The maximum absolute atomic E-state index is 4.68. The van der Waals surface area contributed by atoms with Gasteiger partial charge in [0.15, 0.2) is 3.92 Å². The number of nitrogens with zero attached hydrogens (tertiary/aromatic N) is 3. The van der Waals surface area contributed by atoms with Crippen molar-refractivity contribution in [1.29, 1.82) is 0 Å². The molecule has 92 valence electrons. The Morgan fingerprint density at radius 2 is 2.18 bits per heavy atom. The molecular formula is C12H16BrN3S. The molecule has 2 heterocycles. The van der Waals surface area contributed by atoms with Crippen LogP contribution in [-0.4, -0.2) is 14.6 Å². The summed E-state index contributed by atoms with van der Waals surface area (Å²) in [5, 5.41) is 4.49. The number of aryl methyl sites for hydroxylation is 1. The molecule has 0 aromatic carbocycles. The van der Waals surface area contributed by atoms with Crippen molar-refractivity contribution in [1.82, 2.24) is 14.6 Å². The summed E-state index contributed by atoms with van der Waals surface area (Å²) in [6.45, 7) is 6.99. The van der Waals surface area contributed by atoms with E-state index in [9.17, 15) is 0 Å². The van der Waals surface area contributed by atoms with Gasteiger partial charge in [0, 0.05) is 0 Å². The van der Waals surface area contributed by atoms with E-state index < -0.39 is 0 Å². The summed E-state index contributed by atoms with van der Waals surface area (Å²) in [7, 11) is 0. The van der Waals surface area contributed by atoms with E-state index >= 15 is 0 Å². The summed E-state index contributed by atoms with van der Waals surface area (Å²) in [4.78, 5) is 5.70. The van der Waals surface area contributed by atoms with E-state index in [0.29, 0.717) is 5.41 Å². The van der Waals surface area contributed by atoms with Gasteiger partial charge in [-0.05, 0) is 46.5 Å². The minimum Gasteiger partial charge on any atom is -0.222 e. The lowest BCUT2D eigenvalue weighted by atomic mass is 9.73. The zero-order valence-electron chi connectivity index (χ0n) is 10.3. The summed E-state index contributed by atoms with van der Waals surface area (Å²) in [6.07, 6.45) is 3.46. The molecule has 3 rings (SSSR count). The smallest absolute Gasteiger partial charge is 0.213 e. The maximum atomic E-state index is 4.68. The average Bonchev–Trinajstić information content (AvgIpc) is 2.71. The summed E-state index contributed by atoms with van der Waals surface area (Å²) in [5.74, 6) is 0.732. The number of fused-ring (bicyclic) bond motifs is 3. The number of hydrogen-bond acceptors (Lipinski definition) is 3. The molecule has 0 amide bonds. The van der Waals surface area contributed by atoms with Gasteiger partial charge in [-0.1, -0.05) is 32.1 Å². The van der Waals surface area contributed by atoms with Crippen LogP contribution in [-0.2, 0) is 12.8 Å². The monoisotopic (exact) mass is 313 g/mol. The van der Waals surface area contributed by atoms with Crippen LogP contribution in [0, 0.1) is 11.3 Å². The van der Waals surface area contributed by atoms with Crippen LogP contribution in [0.4, 0.5) is 0 Å². The van der Waals surface area contributed by atoms with Crippen LogP contribution in [0.3, 0.4) is 0 Å². The highest BCUT2D eigenvalue weighted by molar-refractivity contribution is 9.11. The quantitative estimate of drug-likeness (QED) is 0.742. The van der Waals surface area contributed by atoms with Crippen LogP contribution in [0.2, 0.25) is 0 Å². The van der Waals surface area contributed by atoms with Crippen molar-refractivity contribution in [3.8, 4) is 0 Å². The first-order valence-corrected chi connectivity index (χ1v) is 7.59. The molecule has 1 aliphatic carbocycles. The molecule has 2 aromatic rings. The summed E-state index contributed by atoms with van der Waals surface area (Å²) in [6, 6.07) is 0. The Hall–Kier alpha value is -0.420. The second-order valence-electron chi connectivity index (χ2n) is 5.86. The number of imidazole rings is 1. The minimum absolute atomic E-state index is 0.370. The highest BCUT2D eigenvalue weighted by atomic mass is 79.9. The zero-order valence-corrected chi connectivity index (χ0v) is 12.7. The molecule has 0 aliphatic heterocycles. The minimum atomic E-state index is 0.370. The largest absolute Gasteiger partial charge is 0.222 e. The normalized spacial score (nSPS) is 20.8. The van der Waals surface area contributed by atoms with Crippen LogP contribution in [0.1, 0.15) is 38.6 Å². The molecule has 0 spiro atoms. The lowest BCUT2D eigenvalue weighted by Crippen LogP contribution is -2.27. The van der Waals surface area contributed by atoms with Gasteiger partial charge in [0.05, 0.1) is 11.4 Å². The molecular weight excluding hydrogens is 298 g/mol. The third-order valence-electron chi connectivity index (χ3n) is 3.75. The first kappa shape index (κ1) is 11.7. The van der Waals surface area contributed by atoms with E-state index in [1.807, 2.05) is 4.52 Å². The number of aromatic nitrogens is 3. The number of halogens is 1. The van der Waals surface area contributed by atoms with Crippen LogP contribution < -0.4 is 0 Å². The molecule has 0 radical (unpaired) electrons. The van der Waals surface area contributed by atoms with Gasteiger partial charge in [0.25, 0.3) is 0 Å². The van der Waals surface area contributed by atoms with Crippen LogP contribution in [0.15, 0.2) is 3.92 Å². The first-order chi connectivity index (χ1) is 7.95. The van der Waals surface area contributed by atoms with Crippen molar-refractivity contribution in [3.05, 3.63) is 15.3 Å². The van der Waals surface area contributed by atoms with Gasteiger partial charge in [0.2, 0.25) is 4.96 Å². The predicted octanol–water partition coefficient (Wildman–Crippen LogP) is 3.70. The fourth-order valence-electron chi connectivity index (χ4n) is 2.60. The van der Waals surface area contributed by atoms with Gasteiger partial charge in [-0.25, -0.2) is 9.50 Å². The van der Waals surface area contributed by atoms with E-state index in [1.54, 1.807) is 11.3 Å². The number of hydrogen-bond donors (Lipinski definition) is 0. The maximum Gasteiger partial charge on any atom is 0.213 e. The highest BCUT2D eigenvalue weighted by Gasteiger charge is 2.31. The second kappa shape index (κ2) is 3.79. The first-order valence-electron chi connectivity index (χ1n) is 5.98. The van der Waals surface area contributed by atoms with Crippen molar-refractivity contribution in [2.75, 3.05) is 0 Å². The topological polar surface area (TPSA) is 30.2 Å². The fraction of sp³-hybridized carbons (Fsp3) is 0.667. The van der Waals surface area contributed by atoms with E-state index in [0.717, 1.165) is 27.6 Å². The van der Waals surface area contributed by atoms with Gasteiger partial charge in [-0.2, -0.15) is 0 Å². The number of rotatable bonds is 0. The molecule has 5 heteroatoms. The van der Waals surface area contributed by atoms with Gasteiger partial charge < -0.3 is 0 Å². The van der Waals surface area contributed by atoms with Crippen molar-refractivity contribution in [2.45, 2.75) is 40.0 Å². The highest BCUT2D eigenvalue weighted by Crippen LogP contribution is 2.38. The molecule has 1 unspecified atom stereocenters. The van der Waals surface area contributed by atoms with Gasteiger partial charge in [0.1, 0.15) is 0 Å². The van der Waals surface area contributed by atoms with Crippen molar-refractivity contribution in [2.24, 2.45) is 11.3 Å². The Kier molecular flexibility index (Phi) is 2.60. The van der Waals surface area contributed by atoms with Crippen molar-refractivity contribution >= 4 is 32.2 Å². The average molecular weight is 314 g/mol. The molecule has 3 nitrogen and oxygen atoms in total. The Balaban J connectivity index is 2.05. The van der Waals surface area contributed by atoms with E-state index in [1.165, 1.54) is 17.8 Å². The lowest BCUT2D eigenvalue weighted by molar-refractivity contribution is 0.212. The van der Waals surface area contributed by atoms with E-state index in [-0.39, 0.29) is 0 Å². The predicted molar refractivity (Wildman–Crippen MR) is 73.5 cm³/mol. The van der Waals surface area contributed by atoms with E-state index in [4.69, 9.17) is 0 Å². The molecule has 2 aromatic heterocycles. The van der Waals surface area contributed by atoms with E-state index in [2.05, 4.69) is 46.8 Å². The van der Waals surface area contributed by atoms with Gasteiger partial charge >= 0.3 is 0 Å². The molecule has 0 saturated carbocycles. The van der Waals surface area contributed by atoms with Crippen molar-refractivity contribution in [3.63, 3.8) is 0 Å². The summed E-state index contributed by atoms with van der Waals surface area (Å²) in [5.41, 5.74) is 2.96. The molecule has 1 aliphatic rings. The van der Waals surface area contributed by atoms with Crippen molar-refractivity contribution < 1.29 is 0 Å². The molecule has 0 fully saturated rings. The van der Waals surface area contributed by atoms with Crippen LogP contribution in [0.5, 0.6) is 0 Å². The Morgan fingerprint density at radius 1 is 1.41 bits per heavy atom. The molecule has 17 heavy (non-hydrogen) atoms. The molecule has 0 bridgehead atoms. The Bertz CT molecular complexity index is 564. The summed E-state index contributed by atoms with van der Waals surface area (Å²) >= 11 is 5.04. The lowest BCUT2D eigenvalue weighted by Gasteiger charge is -2.33.